The van der Waals surface area contributed by atoms with E-state index >= 15 is 0 Å². The van der Waals surface area contributed by atoms with Crippen LogP contribution in [0.5, 0.6) is 0 Å². The van der Waals surface area contributed by atoms with E-state index in [-0.39, 0.29) is 128 Å². The molecule has 0 bridgehead atoms. The Morgan fingerprint density at radius 2 is 0.720 bits per heavy atom. The third-order valence-electron chi connectivity index (χ3n) is 16.8. The van der Waals surface area contributed by atoms with Gasteiger partial charge in [-0.25, -0.2) is 0 Å². The Balaban J connectivity index is 1.74. The number of aliphatic hydroxyl groups is 1. The molecular formula is C67H111N7O26. The number of rotatable bonds is 44. The fourth-order valence-electron chi connectivity index (χ4n) is 11.8. The van der Waals surface area contributed by atoms with Crippen LogP contribution in [0.2, 0.25) is 0 Å². The first-order valence-corrected chi connectivity index (χ1v) is 34.7. The minimum absolute atomic E-state index is 0.0679. The summed E-state index contributed by atoms with van der Waals surface area (Å²) in [4.78, 5) is 166. The van der Waals surface area contributed by atoms with Crippen LogP contribution in [0.15, 0.2) is 0 Å². The molecule has 0 aliphatic carbocycles. The van der Waals surface area contributed by atoms with Gasteiger partial charge in [-0.05, 0) is 64.2 Å². The second kappa shape index (κ2) is 46.4. The zero-order valence-corrected chi connectivity index (χ0v) is 60.5. The molecule has 3 aliphatic rings. The summed E-state index contributed by atoms with van der Waals surface area (Å²) >= 11 is 0. The van der Waals surface area contributed by atoms with Gasteiger partial charge in [-0.3, -0.25) is 62.3 Å². The van der Waals surface area contributed by atoms with Gasteiger partial charge in [-0.15, -0.1) is 0 Å². The summed E-state index contributed by atoms with van der Waals surface area (Å²) in [6, 6.07) is -2.28. The van der Waals surface area contributed by atoms with Crippen molar-refractivity contribution in [2.24, 2.45) is 17.8 Å². The van der Waals surface area contributed by atoms with E-state index in [4.69, 9.17) is 56.8 Å². The molecule has 0 spiro atoms. The van der Waals surface area contributed by atoms with Crippen LogP contribution < -0.4 is 26.6 Å². The van der Waals surface area contributed by atoms with Gasteiger partial charge in [0.25, 0.3) is 0 Å². The van der Waals surface area contributed by atoms with Crippen molar-refractivity contribution in [3.63, 3.8) is 0 Å². The first-order chi connectivity index (χ1) is 47.3. The number of carbonyl (C=O) groups excluding carboxylic acids is 13. The van der Waals surface area contributed by atoms with Crippen molar-refractivity contribution >= 4 is 77.2 Å². The number of hydrogen-bond acceptors (Lipinski definition) is 26. The molecule has 6 N–H and O–H groups in total. The number of amides is 7. The number of ether oxygens (including phenoxy) is 12. The highest BCUT2D eigenvalue weighted by molar-refractivity contribution is 5.80. The van der Waals surface area contributed by atoms with Crippen LogP contribution in [0.3, 0.4) is 0 Å². The average Bonchev–Trinajstić information content (AvgIpc) is 0.812. The number of nitrogens with zero attached hydrogens (tertiary/aromatic N) is 2. The number of unbranched alkanes of at least 4 members (excludes halogenated alkanes) is 3. The monoisotopic (exact) mass is 1430 g/mol. The highest BCUT2D eigenvalue weighted by atomic mass is 16.7. The molecule has 3 heterocycles. The van der Waals surface area contributed by atoms with Gasteiger partial charge in [0.2, 0.25) is 41.4 Å². The minimum Gasteiger partial charge on any atom is -0.463 e. The van der Waals surface area contributed by atoms with Gasteiger partial charge in [0.1, 0.15) is 62.5 Å². The molecule has 3 saturated heterocycles. The number of carbonyl (C=O) groups is 13. The second-order valence-corrected chi connectivity index (χ2v) is 25.4. The van der Waals surface area contributed by atoms with Gasteiger partial charge in [0, 0.05) is 158 Å². The molecule has 3 rings (SSSR count). The molecular weight excluding hydrogens is 1320 g/mol. The van der Waals surface area contributed by atoms with E-state index in [1.165, 1.54) is 62.3 Å². The van der Waals surface area contributed by atoms with Gasteiger partial charge >= 0.3 is 35.8 Å². The first kappa shape index (κ1) is 87.0. The molecule has 0 saturated carbocycles. The van der Waals surface area contributed by atoms with E-state index in [1.54, 1.807) is 37.5 Å². The largest absolute Gasteiger partial charge is 0.463 e. The maximum absolute atomic E-state index is 14.2. The summed E-state index contributed by atoms with van der Waals surface area (Å²) in [5.74, 6) is -7.54. The van der Waals surface area contributed by atoms with Crippen molar-refractivity contribution in [2.75, 3.05) is 78.9 Å². The SMILES string of the molecule is CCC(O)C(=O)NCCCN(CCCN(CCCNC(=O)CCCCO[C@@H]1OC(COC(C)=O)[C@H](OC(C)=O)[C@H](C)C1NC(C)=O)C(=O)CCCCO[C@@H]1OC(COC(C)=O)[C@H](OC(C)=O)[C@H](C)C1NC(C)=O)C(=O)CCCCO[C@@H]1OC(COC(C)=O)[C@H](OC(C)=O)[C@H](C)C1NC(C)=O. The van der Waals surface area contributed by atoms with Crippen LogP contribution in [-0.2, 0) is 119 Å². The first-order valence-electron chi connectivity index (χ1n) is 34.7. The fourth-order valence-corrected chi connectivity index (χ4v) is 11.8. The van der Waals surface area contributed by atoms with Crippen LogP contribution in [-0.4, -0.2) is 251 Å². The lowest BCUT2D eigenvalue weighted by atomic mass is 9.88. The Morgan fingerprint density at radius 1 is 0.410 bits per heavy atom. The molecule has 16 atom stereocenters. The number of nitrogens with one attached hydrogen (secondary N) is 5. The molecule has 7 unspecified atom stereocenters. The summed E-state index contributed by atoms with van der Waals surface area (Å²) in [7, 11) is 0. The Bertz CT molecular complexity index is 2650. The normalized spacial score (nSPS) is 25.1. The van der Waals surface area contributed by atoms with Gasteiger partial charge in [-0.2, -0.15) is 0 Å². The molecule has 7 amide bonds. The summed E-state index contributed by atoms with van der Waals surface area (Å²) in [5, 5.41) is 24.1. The molecule has 3 fully saturated rings. The highest BCUT2D eigenvalue weighted by Crippen LogP contribution is 2.33. The fraction of sp³-hybridized carbons (Fsp3) is 0.806. The lowest BCUT2D eigenvalue weighted by molar-refractivity contribution is -0.262. The summed E-state index contributed by atoms with van der Waals surface area (Å²) in [6.45, 7) is 19.0. The van der Waals surface area contributed by atoms with E-state index in [0.29, 0.717) is 57.8 Å². The Kier molecular flexibility index (Phi) is 40.4. The number of esters is 6. The van der Waals surface area contributed by atoms with Gasteiger partial charge in [0.15, 0.2) is 18.9 Å². The van der Waals surface area contributed by atoms with Crippen molar-refractivity contribution in [1.29, 1.82) is 0 Å². The Labute approximate surface area is 585 Å². The van der Waals surface area contributed by atoms with Crippen molar-refractivity contribution in [2.45, 2.75) is 253 Å². The molecule has 33 nitrogen and oxygen atoms in total. The van der Waals surface area contributed by atoms with E-state index < -0.39 is 151 Å². The maximum Gasteiger partial charge on any atom is 0.303 e. The van der Waals surface area contributed by atoms with Crippen molar-refractivity contribution in [1.82, 2.24) is 36.4 Å². The molecule has 100 heavy (non-hydrogen) atoms. The smallest absolute Gasteiger partial charge is 0.303 e. The average molecular weight is 1430 g/mol. The lowest BCUT2D eigenvalue weighted by Gasteiger charge is -2.44. The van der Waals surface area contributed by atoms with E-state index in [2.05, 4.69) is 26.6 Å². The Hall–Kier alpha value is -7.17. The van der Waals surface area contributed by atoms with Crippen molar-refractivity contribution in [3.05, 3.63) is 0 Å². The van der Waals surface area contributed by atoms with Crippen LogP contribution >= 0.6 is 0 Å². The third-order valence-corrected chi connectivity index (χ3v) is 16.8. The molecule has 3 aliphatic heterocycles. The molecule has 33 heteroatoms. The topological polar surface area (TPSA) is 420 Å². The summed E-state index contributed by atoms with van der Waals surface area (Å²) in [6.07, 6.45) is -6.00. The van der Waals surface area contributed by atoms with Gasteiger partial charge < -0.3 is 98.3 Å². The van der Waals surface area contributed by atoms with Crippen LogP contribution in [0.4, 0.5) is 0 Å². The second-order valence-electron chi connectivity index (χ2n) is 25.4. The predicted molar refractivity (Wildman–Crippen MR) is 352 cm³/mol. The van der Waals surface area contributed by atoms with Gasteiger partial charge in [0.05, 0.1) is 18.1 Å². The molecule has 0 aromatic carbocycles. The molecule has 0 radical (unpaired) electrons. The van der Waals surface area contributed by atoms with Crippen LogP contribution in [0.25, 0.3) is 0 Å². The third kappa shape index (κ3) is 32.6. The number of hydrogen-bond donors (Lipinski definition) is 6. The van der Waals surface area contributed by atoms with E-state index in [9.17, 15) is 67.4 Å². The number of aliphatic hydroxyl groups excluding tert-OH is 1. The van der Waals surface area contributed by atoms with Crippen LogP contribution in [0, 0.1) is 17.8 Å². The lowest BCUT2D eigenvalue weighted by Crippen LogP contribution is -2.62. The van der Waals surface area contributed by atoms with Crippen molar-refractivity contribution < 1.29 is 124 Å². The highest BCUT2D eigenvalue weighted by Gasteiger charge is 2.50. The zero-order valence-electron chi connectivity index (χ0n) is 60.5. The molecule has 570 valence electrons. The maximum atomic E-state index is 14.2. The Morgan fingerprint density at radius 3 is 1.02 bits per heavy atom. The molecule has 0 aromatic rings. The quantitative estimate of drug-likeness (QED) is 0.0286. The predicted octanol–water partition coefficient (Wildman–Crippen LogP) is 1.46. The van der Waals surface area contributed by atoms with E-state index in [1.807, 2.05) is 0 Å². The zero-order chi connectivity index (χ0) is 74.6. The molecule has 0 aromatic heterocycles. The van der Waals surface area contributed by atoms with Crippen molar-refractivity contribution in [3.8, 4) is 0 Å². The minimum atomic E-state index is -1.20. The summed E-state index contributed by atoms with van der Waals surface area (Å²) in [5.41, 5.74) is 0. The van der Waals surface area contributed by atoms with E-state index in [0.717, 1.165) is 0 Å². The van der Waals surface area contributed by atoms with Crippen LogP contribution in [0.1, 0.15) is 173 Å². The summed E-state index contributed by atoms with van der Waals surface area (Å²) < 4.78 is 69.0. The standard InChI is InChI=1S/C67H111N7O26/c1-14-51(84)64(88)69-28-22-30-74(57(87)26-17-20-35-91-67-60(72-44(7)77)41(4)63(97-50(13)83)54(100-67)38-94-47(10)80)32-23-31-73(56(86)25-16-19-34-90-66-59(71-43(6)76)40(3)62(96-49(12)82)53(99-66)37-93-46(9)79)29-21-27-68-55(85)24-15-18-33-89-65-58(70-42(5)75)39(2)61(95-48(11)81)52(98-65)36-92-45(8)78/h39-41,51-54,58-63,65-67,84H,14-38H2,1-13H3,(H,68,85)(H,69,88)(H,70,75)(H,71,76)(H,72,77)/t39-,40-,41-,51?,52?,53?,54?,58?,59?,60?,61-,62-,63-,65-,66-,67-/m1/s1. The van der Waals surface area contributed by atoms with Gasteiger partial charge in [-0.1, -0.05) is 27.7 Å².